The van der Waals surface area contributed by atoms with Crippen LogP contribution in [0.4, 0.5) is 5.69 Å². The average molecular weight is 480 g/mol. The molecular weight excluding hydrogens is 462 g/mol. The number of ether oxygens (including phenoxy) is 3. The standard InChI is InChI=1S/C25H18ClNO7/c1-32-18-9-5-15(11-17(18)26)27-22(13-2-6-16(28)7-3-13)21(24(30)25(27)31)23(29)14-4-8-19-20(10-14)34-12-33-19/h2-11,22,28-29H,12H2,1H3/b23-21-. The Hall–Kier alpha value is -4.17. The number of amides is 1. The minimum Gasteiger partial charge on any atom is -0.508 e. The van der Waals surface area contributed by atoms with E-state index < -0.39 is 17.7 Å². The second kappa shape index (κ2) is 8.31. The highest BCUT2D eigenvalue weighted by Gasteiger charge is 2.47. The van der Waals surface area contributed by atoms with E-state index in [0.717, 1.165) is 0 Å². The van der Waals surface area contributed by atoms with Crippen molar-refractivity contribution in [2.24, 2.45) is 0 Å². The van der Waals surface area contributed by atoms with Gasteiger partial charge in [0, 0.05) is 11.3 Å². The van der Waals surface area contributed by atoms with E-state index in [9.17, 15) is 19.8 Å². The van der Waals surface area contributed by atoms with Gasteiger partial charge in [0.15, 0.2) is 11.5 Å². The van der Waals surface area contributed by atoms with Crippen molar-refractivity contribution < 1.29 is 34.0 Å². The van der Waals surface area contributed by atoms with Gasteiger partial charge in [0.1, 0.15) is 17.3 Å². The fourth-order valence-electron chi connectivity index (χ4n) is 4.08. The van der Waals surface area contributed by atoms with E-state index in [2.05, 4.69) is 0 Å². The Labute approximate surface area is 199 Å². The van der Waals surface area contributed by atoms with Gasteiger partial charge in [0.2, 0.25) is 6.79 Å². The number of nitrogens with zero attached hydrogens (tertiary/aromatic N) is 1. The Morgan fingerprint density at radius 1 is 1.03 bits per heavy atom. The predicted molar refractivity (Wildman–Crippen MR) is 123 cm³/mol. The largest absolute Gasteiger partial charge is 0.508 e. The van der Waals surface area contributed by atoms with Crippen molar-refractivity contribution in [1.29, 1.82) is 0 Å². The number of aromatic hydroxyl groups is 1. The number of anilines is 1. The molecule has 3 aromatic carbocycles. The number of fused-ring (bicyclic) bond motifs is 1. The van der Waals surface area contributed by atoms with Crippen LogP contribution in [-0.4, -0.2) is 35.8 Å². The maximum atomic E-state index is 13.2. The van der Waals surface area contributed by atoms with Gasteiger partial charge in [0.25, 0.3) is 11.7 Å². The van der Waals surface area contributed by atoms with Crippen LogP contribution in [0.1, 0.15) is 17.2 Å². The summed E-state index contributed by atoms with van der Waals surface area (Å²) >= 11 is 6.29. The molecule has 3 aromatic rings. The van der Waals surface area contributed by atoms with Gasteiger partial charge in [-0.25, -0.2) is 0 Å². The molecule has 2 heterocycles. The number of benzene rings is 3. The normalized spacial score (nSPS) is 18.4. The molecule has 2 aliphatic heterocycles. The van der Waals surface area contributed by atoms with E-state index in [1.807, 2.05) is 0 Å². The number of carbonyl (C=O) groups is 2. The number of ketones is 1. The van der Waals surface area contributed by atoms with E-state index in [1.165, 1.54) is 30.2 Å². The van der Waals surface area contributed by atoms with Gasteiger partial charge in [-0.1, -0.05) is 23.7 Å². The molecule has 0 saturated carbocycles. The maximum Gasteiger partial charge on any atom is 0.300 e. The zero-order valence-electron chi connectivity index (χ0n) is 17.8. The number of aliphatic hydroxyl groups excluding tert-OH is 1. The number of carbonyl (C=O) groups excluding carboxylic acids is 2. The molecule has 5 rings (SSSR count). The molecule has 9 heteroatoms. The molecule has 1 saturated heterocycles. The van der Waals surface area contributed by atoms with Crippen molar-refractivity contribution in [3.63, 3.8) is 0 Å². The number of aliphatic hydroxyl groups is 1. The second-order valence-corrected chi connectivity index (χ2v) is 8.05. The Balaban J connectivity index is 1.69. The molecule has 1 fully saturated rings. The average Bonchev–Trinajstić information content (AvgIpc) is 3.41. The van der Waals surface area contributed by atoms with Crippen LogP contribution in [0.2, 0.25) is 5.02 Å². The van der Waals surface area contributed by atoms with Gasteiger partial charge in [0.05, 0.1) is 23.7 Å². The molecule has 0 aliphatic carbocycles. The minimum absolute atomic E-state index is 0.0176. The number of phenolic OH excluding ortho intramolecular Hbond substituents is 1. The highest BCUT2D eigenvalue weighted by molar-refractivity contribution is 6.51. The first-order valence-corrected chi connectivity index (χ1v) is 10.6. The molecule has 1 atom stereocenters. The van der Waals surface area contributed by atoms with Gasteiger partial charge in [-0.3, -0.25) is 14.5 Å². The second-order valence-electron chi connectivity index (χ2n) is 7.65. The molecule has 34 heavy (non-hydrogen) atoms. The molecule has 8 nitrogen and oxygen atoms in total. The minimum atomic E-state index is -0.976. The van der Waals surface area contributed by atoms with Crippen LogP contribution < -0.4 is 19.1 Å². The highest BCUT2D eigenvalue weighted by Crippen LogP contribution is 2.44. The van der Waals surface area contributed by atoms with Crippen molar-refractivity contribution in [3.8, 4) is 23.0 Å². The number of Topliss-reactive ketones (excluding diaryl/α,β-unsaturated/α-hetero) is 1. The zero-order valence-corrected chi connectivity index (χ0v) is 18.6. The van der Waals surface area contributed by atoms with Crippen LogP contribution in [0.25, 0.3) is 5.76 Å². The third-order valence-corrected chi connectivity index (χ3v) is 6.01. The molecule has 0 bridgehead atoms. The molecule has 0 spiro atoms. The van der Waals surface area contributed by atoms with Crippen molar-refractivity contribution in [3.05, 3.63) is 82.4 Å². The summed E-state index contributed by atoms with van der Waals surface area (Å²) < 4.78 is 15.9. The van der Waals surface area contributed by atoms with E-state index in [4.69, 9.17) is 25.8 Å². The number of methoxy groups -OCH3 is 1. The summed E-state index contributed by atoms with van der Waals surface area (Å²) in [6, 6.07) is 14.5. The van der Waals surface area contributed by atoms with Crippen LogP contribution in [0, 0.1) is 0 Å². The van der Waals surface area contributed by atoms with Crippen molar-refractivity contribution in [1.82, 2.24) is 0 Å². The molecule has 1 amide bonds. The van der Waals surface area contributed by atoms with E-state index in [1.54, 1.807) is 42.5 Å². The van der Waals surface area contributed by atoms with Crippen LogP contribution in [-0.2, 0) is 9.59 Å². The first kappa shape index (κ1) is 21.7. The summed E-state index contributed by atoms with van der Waals surface area (Å²) in [5.74, 6) is -0.701. The smallest absolute Gasteiger partial charge is 0.300 e. The maximum absolute atomic E-state index is 13.2. The van der Waals surface area contributed by atoms with Gasteiger partial charge >= 0.3 is 0 Å². The van der Waals surface area contributed by atoms with Crippen molar-refractivity contribution >= 4 is 34.7 Å². The van der Waals surface area contributed by atoms with E-state index in [0.29, 0.717) is 34.1 Å². The summed E-state index contributed by atoms with van der Waals surface area (Å²) in [6.07, 6.45) is 0. The lowest BCUT2D eigenvalue weighted by Gasteiger charge is -2.26. The van der Waals surface area contributed by atoms with Crippen LogP contribution >= 0.6 is 11.6 Å². The molecule has 0 radical (unpaired) electrons. The Morgan fingerprint density at radius 2 is 1.76 bits per heavy atom. The Kier molecular flexibility index (Phi) is 5.30. The monoisotopic (exact) mass is 479 g/mol. The van der Waals surface area contributed by atoms with Crippen molar-refractivity contribution in [2.45, 2.75) is 6.04 Å². The number of halogens is 1. The third-order valence-electron chi connectivity index (χ3n) is 5.71. The third kappa shape index (κ3) is 3.48. The lowest BCUT2D eigenvalue weighted by molar-refractivity contribution is -0.132. The number of phenols is 1. The fourth-order valence-corrected chi connectivity index (χ4v) is 4.33. The molecular formula is C25H18ClNO7. The number of hydrogen-bond acceptors (Lipinski definition) is 7. The van der Waals surface area contributed by atoms with Gasteiger partial charge < -0.3 is 24.4 Å². The Morgan fingerprint density at radius 3 is 2.47 bits per heavy atom. The van der Waals surface area contributed by atoms with Gasteiger partial charge in [-0.2, -0.15) is 0 Å². The summed E-state index contributed by atoms with van der Waals surface area (Å²) in [4.78, 5) is 27.7. The SMILES string of the molecule is COc1ccc(N2C(=O)C(=O)/C(=C(\O)c3ccc4c(c3)OCO4)C2c2ccc(O)cc2)cc1Cl. The first-order valence-electron chi connectivity index (χ1n) is 10.2. The highest BCUT2D eigenvalue weighted by atomic mass is 35.5. The molecule has 0 aromatic heterocycles. The van der Waals surface area contributed by atoms with Crippen molar-refractivity contribution in [2.75, 3.05) is 18.8 Å². The first-order chi connectivity index (χ1) is 16.4. The topological polar surface area (TPSA) is 106 Å². The van der Waals surface area contributed by atoms with Gasteiger partial charge in [-0.05, 0) is 54.1 Å². The summed E-state index contributed by atoms with van der Waals surface area (Å²) in [6.45, 7) is 0.0513. The lowest BCUT2D eigenvalue weighted by atomic mass is 9.95. The molecule has 2 aliphatic rings. The fraction of sp³-hybridized carbons (Fsp3) is 0.120. The molecule has 172 valence electrons. The summed E-state index contributed by atoms with van der Waals surface area (Å²) in [7, 11) is 1.47. The van der Waals surface area contributed by atoms with Crippen LogP contribution in [0.5, 0.6) is 23.0 Å². The van der Waals surface area contributed by atoms with Gasteiger partial charge in [-0.15, -0.1) is 0 Å². The predicted octanol–water partition coefficient (Wildman–Crippen LogP) is 4.41. The molecule has 2 N–H and O–H groups in total. The van der Waals surface area contributed by atoms with E-state index in [-0.39, 0.29) is 28.9 Å². The van der Waals surface area contributed by atoms with Crippen LogP contribution in [0.15, 0.2) is 66.2 Å². The molecule has 1 unspecified atom stereocenters. The Bertz CT molecular complexity index is 1350. The number of rotatable bonds is 4. The lowest BCUT2D eigenvalue weighted by Crippen LogP contribution is -2.29. The number of hydrogen-bond donors (Lipinski definition) is 2. The zero-order chi connectivity index (χ0) is 24.0. The van der Waals surface area contributed by atoms with E-state index >= 15 is 0 Å². The quantitative estimate of drug-likeness (QED) is 0.324. The van der Waals surface area contributed by atoms with Crippen LogP contribution in [0.3, 0.4) is 0 Å². The summed E-state index contributed by atoms with van der Waals surface area (Å²) in [5, 5.41) is 21.2. The summed E-state index contributed by atoms with van der Waals surface area (Å²) in [5.41, 5.74) is 1.03.